The Bertz CT molecular complexity index is 320. The van der Waals surface area contributed by atoms with E-state index in [1.54, 1.807) is 4.90 Å². The fourth-order valence-electron chi connectivity index (χ4n) is 3.83. The van der Waals surface area contributed by atoms with Gasteiger partial charge in [0, 0.05) is 39.0 Å². The second-order valence-corrected chi connectivity index (χ2v) is 6.65. The highest BCUT2D eigenvalue weighted by atomic mass is 16.3. The van der Waals surface area contributed by atoms with Crippen LogP contribution in [0.15, 0.2) is 0 Å². The van der Waals surface area contributed by atoms with Crippen molar-refractivity contribution in [2.75, 3.05) is 27.2 Å². The first-order valence-corrected chi connectivity index (χ1v) is 8.22. The van der Waals surface area contributed by atoms with Crippen LogP contribution in [-0.4, -0.2) is 60.1 Å². The number of hydrogen-bond acceptors (Lipinski definition) is 3. The second kappa shape index (κ2) is 7.41. The number of rotatable bonds is 4. The van der Waals surface area contributed by atoms with Gasteiger partial charge in [0.25, 0.3) is 0 Å². The van der Waals surface area contributed by atoms with Crippen molar-refractivity contribution >= 4 is 5.91 Å². The second-order valence-electron chi connectivity index (χ2n) is 6.65. The van der Waals surface area contributed by atoms with E-state index in [-0.39, 0.29) is 12.0 Å². The van der Waals surface area contributed by atoms with Crippen molar-refractivity contribution in [3.63, 3.8) is 0 Å². The third-order valence-electron chi connectivity index (χ3n) is 5.05. The van der Waals surface area contributed by atoms with Crippen molar-refractivity contribution in [2.45, 2.75) is 63.5 Å². The van der Waals surface area contributed by atoms with E-state index in [0.29, 0.717) is 18.4 Å². The van der Waals surface area contributed by atoms with E-state index in [4.69, 9.17) is 0 Å². The molecular formula is C16H30N2O2. The van der Waals surface area contributed by atoms with E-state index in [0.717, 1.165) is 25.9 Å². The molecule has 1 amide bonds. The molecule has 0 spiro atoms. The summed E-state index contributed by atoms with van der Waals surface area (Å²) in [5.74, 6) is 0.636. The summed E-state index contributed by atoms with van der Waals surface area (Å²) in [6.45, 7) is 1.94. The average Bonchev–Trinajstić information content (AvgIpc) is 2.45. The lowest BCUT2D eigenvalue weighted by atomic mass is 9.78. The van der Waals surface area contributed by atoms with Gasteiger partial charge in [-0.05, 0) is 32.2 Å². The maximum absolute atomic E-state index is 11.8. The molecule has 1 aliphatic carbocycles. The molecule has 4 heteroatoms. The smallest absolute Gasteiger partial charge is 0.223 e. The van der Waals surface area contributed by atoms with Crippen molar-refractivity contribution in [3.05, 3.63) is 0 Å². The summed E-state index contributed by atoms with van der Waals surface area (Å²) < 4.78 is 0. The van der Waals surface area contributed by atoms with Crippen molar-refractivity contribution < 1.29 is 9.90 Å². The summed E-state index contributed by atoms with van der Waals surface area (Å²) >= 11 is 0. The molecule has 1 aliphatic heterocycles. The third kappa shape index (κ3) is 3.95. The number of nitrogens with zero attached hydrogens (tertiary/aromatic N) is 2. The summed E-state index contributed by atoms with van der Waals surface area (Å²) in [6, 6.07) is 0.494. The first-order valence-electron chi connectivity index (χ1n) is 8.22. The zero-order valence-electron chi connectivity index (χ0n) is 13.1. The first-order chi connectivity index (χ1) is 9.59. The minimum absolute atomic E-state index is 0.126. The molecule has 1 N–H and O–H groups in total. The molecule has 1 heterocycles. The molecule has 0 radical (unpaired) electrons. The number of likely N-dealkylation sites (tertiary alicyclic amines) is 1. The summed E-state index contributed by atoms with van der Waals surface area (Å²) in [5, 5.41) is 10.3. The lowest BCUT2D eigenvalue weighted by molar-refractivity contribution is -0.129. The van der Waals surface area contributed by atoms with Gasteiger partial charge in [0.05, 0.1) is 6.10 Å². The summed E-state index contributed by atoms with van der Waals surface area (Å²) in [5.41, 5.74) is 0. The van der Waals surface area contributed by atoms with Crippen LogP contribution in [0.5, 0.6) is 0 Å². The minimum atomic E-state index is -0.126. The minimum Gasteiger partial charge on any atom is -0.393 e. The Hall–Kier alpha value is -0.610. The number of carbonyl (C=O) groups is 1. The quantitative estimate of drug-likeness (QED) is 0.856. The maximum atomic E-state index is 11.8. The van der Waals surface area contributed by atoms with Crippen LogP contribution in [0, 0.1) is 5.92 Å². The Balaban J connectivity index is 1.92. The zero-order valence-corrected chi connectivity index (χ0v) is 13.1. The van der Waals surface area contributed by atoms with Gasteiger partial charge in [0.15, 0.2) is 0 Å². The Labute approximate surface area is 123 Å². The number of hydrogen-bond donors (Lipinski definition) is 1. The average molecular weight is 282 g/mol. The van der Waals surface area contributed by atoms with Crippen LogP contribution in [0.2, 0.25) is 0 Å². The van der Waals surface area contributed by atoms with Gasteiger partial charge >= 0.3 is 0 Å². The van der Waals surface area contributed by atoms with E-state index in [1.165, 1.54) is 32.1 Å². The molecule has 3 atom stereocenters. The Morgan fingerprint density at radius 3 is 2.55 bits per heavy atom. The van der Waals surface area contributed by atoms with E-state index >= 15 is 0 Å². The van der Waals surface area contributed by atoms with Crippen molar-refractivity contribution in [1.82, 2.24) is 9.80 Å². The Morgan fingerprint density at radius 2 is 1.85 bits per heavy atom. The number of carbonyl (C=O) groups excluding carboxylic acids is 1. The lowest BCUT2D eigenvalue weighted by Gasteiger charge is -2.43. The molecule has 4 nitrogen and oxygen atoms in total. The molecule has 0 aromatic rings. The molecule has 0 aromatic carbocycles. The molecule has 1 saturated carbocycles. The molecule has 1 saturated heterocycles. The highest BCUT2D eigenvalue weighted by Gasteiger charge is 2.35. The SMILES string of the molecule is CN(C)C(=O)CCN1CCCCC1C1CCCCC1O. The van der Waals surface area contributed by atoms with Crippen LogP contribution in [0.25, 0.3) is 0 Å². The maximum Gasteiger partial charge on any atom is 0.223 e. The molecule has 0 aromatic heterocycles. The highest BCUT2D eigenvalue weighted by molar-refractivity contribution is 5.75. The van der Waals surface area contributed by atoms with Crippen LogP contribution >= 0.6 is 0 Å². The fraction of sp³-hybridized carbons (Fsp3) is 0.938. The monoisotopic (exact) mass is 282 g/mol. The van der Waals surface area contributed by atoms with Gasteiger partial charge in [-0.25, -0.2) is 0 Å². The lowest BCUT2D eigenvalue weighted by Crippen LogP contribution is -2.49. The molecule has 2 fully saturated rings. The fourth-order valence-corrected chi connectivity index (χ4v) is 3.83. The molecule has 0 bridgehead atoms. The standard InChI is InChI=1S/C16H30N2O2/c1-17(2)16(20)10-12-18-11-6-5-8-14(18)13-7-3-4-9-15(13)19/h13-15,19H,3-12H2,1-2H3. The van der Waals surface area contributed by atoms with E-state index in [9.17, 15) is 9.90 Å². The van der Waals surface area contributed by atoms with Gasteiger partial charge in [-0.15, -0.1) is 0 Å². The first kappa shape index (κ1) is 15.8. The van der Waals surface area contributed by atoms with Gasteiger partial charge in [-0.1, -0.05) is 19.3 Å². The van der Waals surface area contributed by atoms with Crippen molar-refractivity contribution in [1.29, 1.82) is 0 Å². The van der Waals surface area contributed by atoms with Crippen LogP contribution in [0.4, 0.5) is 0 Å². The van der Waals surface area contributed by atoms with E-state index in [2.05, 4.69) is 4.90 Å². The van der Waals surface area contributed by atoms with Gasteiger partial charge in [0.2, 0.25) is 5.91 Å². The highest BCUT2D eigenvalue weighted by Crippen LogP contribution is 2.34. The molecule has 2 aliphatic rings. The van der Waals surface area contributed by atoms with E-state index < -0.39 is 0 Å². The number of aliphatic hydroxyl groups is 1. The number of piperidine rings is 1. The molecule has 20 heavy (non-hydrogen) atoms. The normalized spacial score (nSPS) is 32.0. The van der Waals surface area contributed by atoms with Gasteiger partial charge in [-0.3, -0.25) is 9.69 Å². The Morgan fingerprint density at radius 1 is 1.15 bits per heavy atom. The molecule has 116 valence electrons. The van der Waals surface area contributed by atoms with Crippen LogP contribution < -0.4 is 0 Å². The van der Waals surface area contributed by atoms with Gasteiger partial charge < -0.3 is 10.0 Å². The molecule has 2 rings (SSSR count). The van der Waals surface area contributed by atoms with Gasteiger partial charge in [-0.2, -0.15) is 0 Å². The van der Waals surface area contributed by atoms with Crippen LogP contribution in [0.3, 0.4) is 0 Å². The van der Waals surface area contributed by atoms with Gasteiger partial charge in [0.1, 0.15) is 0 Å². The van der Waals surface area contributed by atoms with Crippen LogP contribution in [0.1, 0.15) is 51.4 Å². The zero-order chi connectivity index (χ0) is 14.5. The van der Waals surface area contributed by atoms with Crippen LogP contribution in [-0.2, 0) is 4.79 Å². The predicted octanol–water partition coefficient (Wildman–Crippen LogP) is 1.87. The Kier molecular flexibility index (Phi) is 5.85. The molecular weight excluding hydrogens is 252 g/mol. The summed E-state index contributed by atoms with van der Waals surface area (Å²) in [4.78, 5) is 15.9. The van der Waals surface area contributed by atoms with Crippen molar-refractivity contribution in [2.24, 2.45) is 5.92 Å². The largest absolute Gasteiger partial charge is 0.393 e. The predicted molar refractivity (Wildman–Crippen MR) is 80.5 cm³/mol. The van der Waals surface area contributed by atoms with E-state index in [1.807, 2.05) is 14.1 Å². The molecule has 3 unspecified atom stereocenters. The topological polar surface area (TPSA) is 43.8 Å². The third-order valence-corrected chi connectivity index (χ3v) is 5.05. The summed E-state index contributed by atoms with van der Waals surface area (Å²) in [6.07, 6.45) is 8.71. The summed E-state index contributed by atoms with van der Waals surface area (Å²) in [7, 11) is 3.64. The number of aliphatic hydroxyl groups excluding tert-OH is 1. The number of amides is 1. The van der Waals surface area contributed by atoms with Crippen molar-refractivity contribution in [3.8, 4) is 0 Å².